The van der Waals surface area contributed by atoms with Gasteiger partial charge in [-0.1, -0.05) is 12.1 Å². The Hall–Kier alpha value is -2.50. The lowest BCUT2D eigenvalue weighted by atomic mass is 10.3. The molecule has 0 radical (unpaired) electrons. The molecule has 6 heteroatoms. The first kappa shape index (κ1) is 8.78. The lowest BCUT2D eigenvalue weighted by Gasteiger charge is -2.12. The summed E-state index contributed by atoms with van der Waals surface area (Å²) in [5, 5.41) is 8.60. The number of aromatic nitrogens is 3. The maximum absolute atomic E-state index is 11.5. The molecule has 0 aliphatic carbocycles. The van der Waals surface area contributed by atoms with Crippen molar-refractivity contribution in [2.75, 3.05) is 5.01 Å². The fourth-order valence-corrected chi connectivity index (χ4v) is 1.58. The van der Waals surface area contributed by atoms with Gasteiger partial charge >= 0.3 is 0 Å². The Kier molecular flexibility index (Phi) is 1.64. The molecule has 1 aliphatic heterocycles. The summed E-state index contributed by atoms with van der Waals surface area (Å²) in [6.07, 6.45) is 2.41. The van der Waals surface area contributed by atoms with E-state index in [9.17, 15) is 9.59 Å². The third-order valence-corrected chi connectivity index (χ3v) is 2.31. The second-order valence-electron chi connectivity index (χ2n) is 3.29. The van der Waals surface area contributed by atoms with Crippen molar-refractivity contribution < 1.29 is 9.59 Å². The SMILES string of the molecule is O=C1C=CC(=O)N1n1nnc2ccccc21. The lowest BCUT2D eigenvalue weighted by molar-refractivity contribution is -0.122. The van der Waals surface area contributed by atoms with Gasteiger partial charge in [-0.15, -0.1) is 9.89 Å². The van der Waals surface area contributed by atoms with Crippen LogP contribution in [0.2, 0.25) is 0 Å². The highest BCUT2D eigenvalue weighted by Gasteiger charge is 2.27. The maximum atomic E-state index is 11.5. The first-order valence-corrected chi connectivity index (χ1v) is 4.64. The Balaban J connectivity index is 2.20. The highest BCUT2D eigenvalue weighted by molar-refractivity contribution is 6.23. The topological polar surface area (TPSA) is 68.1 Å². The van der Waals surface area contributed by atoms with Gasteiger partial charge in [-0.25, -0.2) is 0 Å². The van der Waals surface area contributed by atoms with Crippen molar-refractivity contribution in [3.8, 4) is 0 Å². The number of hydrogen-bond acceptors (Lipinski definition) is 4. The Morgan fingerprint density at radius 3 is 2.44 bits per heavy atom. The van der Waals surface area contributed by atoms with Crippen LogP contribution in [0.5, 0.6) is 0 Å². The van der Waals surface area contributed by atoms with E-state index in [2.05, 4.69) is 10.3 Å². The summed E-state index contributed by atoms with van der Waals surface area (Å²) in [4.78, 5) is 24.1. The van der Waals surface area contributed by atoms with Gasteiger partial charge in [-0.2, -0.15) is 5.01 Å². The number of benzene rings is 1. The molecule has 2 aromatic rings. The summed E-state index contributed by atoms with van der Waals surface area (Å²) < 4.78 is 0. The zero-order valence-corrected chi connectivity index (χ0v) is 8.07. The molecule has 0 atom stereocenters. The normalized spacial score (nSPS) is 15.4. The Morgan fingerprint density at radius 1 is 1.00 bits per heavy atom. The van der Waals surface area contributed by atoms with Gasteiger partial charge in [0.15, 0.2) is 0 Å². The second kappa shape index (κ2) is 2.99. The zero-order valence-electron chi connectivity index (χ0n) is 8.07. The molecular formula is C10H6N4O2. The van der Waals surface area contributed by atoms with Crippen molar-refractivity contribution in [3.05, 3.63) is 36.4 Å². The van der Waals surface area contributed by atoms with Crippen molar-refractivity contribution in [1.29, 1.82) is 0 Å². The summed E-state index contributed by atoms with van der Waals surface area (Å²) in [6, 6.07) is 7.11. The number of para-hydroxylation sites is 1. The van der Waals surface area contributed by atoms with Gasteiger partial charge in [0.25, 0.3) is 11.8 Å². The third kappa shape index (κ3) is 1.07. The molecule has 1 aliphatic rings. The molecule has 6 nitrogen and oxygen atoms in total. The van der Waals surface area contributed by atoms with Gasteiger partial charge in [0.1, 0.15) is 11.0 Å². The minimum Gasteiger partial charge on any atom is -0.267 e. The molecule has 0 spiro atoms. The van der Waals surface area contributed by atoms with Crippen molar-refractivity contribution >= 4 is 22.8 Å². The highest BCUT2D eigenvalue weighted by Crippen LogP contribution is 2.12. The minimum atomic E-state index is -0.416. The molecular weight excluding hydrogens is 208 g/mol. The second-order valence-corrected chi connectivity index (χ2v) is 3.29. The molecule has 1 aromatic heterocycles. The van der Waals surface area contributed by atoms with E-state index in [1.807, 2.05) is 6.07 Å². The third-order valence-electron chi connectivity index (χ3n) is 2.31. The van der Waals surface area contributed by atoms with E-state index in [4.69, 9.17) is 0 Å². The van der Waals surface area contributed by atoms with Gasteiger partial charge in [0.05, 0.1) is 0 Å². The number of hydrogen-bond donors (Lipinski definition) is 0. The van der Waals surface area contributed by atoms with Gasteiger partial charge in [-0.3, -0.25) is 9.59 Å². The Morgan fingerprint density at radius 2 is 1.69 bits per heavy atom. The lowest BCUT2D eigenvalue weighted by Crippen LogP contribution is -2.40. The summed E-state index contributed by atoms with van der Waals surface area (Å²) in [5.74, 6) is -0.832. The molecule has 2 amide bonds. The standard InChI is InChI=1S/C10H6N4O2/c15-9-5-6-10(16)13(9)14-8-4-2-1-3-7(8)11-12-14/h1-6H. The molecule has 0 saturated carbocycles. The van der Waals surface area contributed by atoms with Crippen LogP contribution in [0.3, 0.4) is 0 Å². The maximum Gasteiger partial charge on any atom is 0.274 e. The molecule has 1 aromatic carbocycles. The number of fused-ring (bicyclic) bond motifs is 1. The number of rotatable bonds is 1. The predicted octanol–water partition coefficient (Wildman–Crippen LogP) is -0.00770. The molecule has 16 heavy (non-hydrogen) atoms. The Labute approximate surface area is 89.7 Å². The fourth-order valence-electron chi connectivity index (χ4n) is 1.58. The zero-order chi connectivity index (χ0) is 11.1. The molecule has 0 bridgehead atoms. The first-order valence-electron chi connectivity index (χ1n) is 4.64. The van der Waals surface area contributed by atoms with E-state index in [1.54, 1.807) is 18.2 Å². The quantitative estimate of drug-likeness (QED) is 0.626. The van der Waals surface area contributed by atoms with Gasteiger partial charge in [-0.05, 0) is 17.3 Å². The van der Waals surface area contributed by atoms with Crippen LogP contribution in [-0.2, 0) is 9.59 Å². The van der Waals surface area contributed by atoms with Crippen molar-refractivity contribution in [3.63, 3.8) is 0 Å². The van der Waals surface area contributed by atoms with Crippen molar-refractivity contribution in [2.45, 2.75) is 0 Å². The predicted molar refractivity (Wildman–Crippen MR) is 54.9 cm³/mol. The average Bonchev–Trinajstić information content (AvgIpc) is 2.83. The summed E-state index contributed by atoms with van der Waals surface area (Å²) in [7, 11) is 0. The highest BCUT2D eigenvalue weighted by atomic mass is 16.2. The number of carbonyl (C=O) groups is 2. The molecule has 0 saturated heterocycles. The number of nitrogens with zero attached hydrogens (tertiary/aromatic N) is 4. The molecule has 0 fully saturated rings. The van der Waals surface area contributed by atoms with Crippen LogP contribution in [0.25, 0.3) is 11.0 Å². The summed E-state index contributed by atoms with van der Waals surface area (Å²) in [6.45, 7) is 0. The monoisotopic (exact) mass is 214 g/mol. The van der Waals surface area contributed by atoms with E-state index in [-0.39, 0.29) is 0 Å². The average molecular weight is 214 g/mol. The van der Waals surface area contributed by atoms with Crippen LogP contribution in [0, 0.1) is 0 Å². The van der Waals surface area contributed by atoms with Gasteiger partial charge in [0, 0.05) is 12.2 Å². The number of amides is 2. The van der Waals surface area contributed by atoms with Crippen LogP contribution < -0.4 is 5.01 Å². The minimum absolute atomic E-state index is 0.416. The first-order chi connectivity index (χ1) is 7.77. The smallest absolute Gasteiger partial charge is 0.267 e. The largest absolute Gasteiger partial charge is 0.274 e. The van der Waals surface area contributed by atoms with E-state index >= 15 is 0 Å². The van der Waals surface area contributed by atoms with E-state index in [1.165, 1.54) is 16.9 Å². The van der Waals surface area contributed by atoms with E-state index < -0.39 is 11.8 Å². The number of imide groups is 1. The van der Waals surface area contributed by atoms with Crippen LogP contribution in [-0.4, -0.2) is 26.9 Å². The number of carbonyl (C=O) groups excluding carboxylic acids is 2. The van der Waals surface area contributed by atoms with Gasteiger partial charge in [0.2, 0.25) is 0 Å². The van der Waals surface area contributed by atoms with Crippen LogP contribution in [0.1, 0.15) is 0 Å². The molecule has 0 unspecified atom stereocenters. The molecule has 3 rings (SSSR count). The fraction of sp³-hybridized carbons (Fsp3) is 0. The van der Waals surface area contributed by atoms with Crippen molar-refractivity contribution in [1.82, 2.24) is 15.1 Å². The van der Waals surface area contributed by atoms with E-state index in [0.29, 0.717) is 11.0 Å². The van der Waals surface area contributed by atoms with Crippen LogP contribution in [0.4, 0.5) is 0 Å². The summed E-state index contributed by atoms with van der Waals surface area (Å²) >= 11 is 0. The molecule has 0 N–H and O–H groups in total. The summed E-state index contributed by atoms with van der Waals surface area (Å²) in [5.41, 5.74) is 1.25. The van der Waals surface area contributed by atoms with Gasteiger partial charge < -0.3 is 0 Å². The molecule has 78 valence electrons. The Bertz CT molecular complexity index is 611. The molecule has 2 heterocycles. The van der Waals surface area contributed by atoms with Crippen LogP contribution >= 0.6 is 0 Å². The van der Waals surface area contributed by atoms with E-state index in [0.717, 1.165) is 5.01 Å². The van der Waals surface area contributed by atoms with Crippen molar-refractivity contribution in [2.24, 2.45) is 0 Å². The van der Waals surface area contributed by atoms with Crippen LogP contribution in [0.15, 0.2) is 36.4 Å².